The smallest absolute Gasteiger partial charge is 0.233 e. The Morgan fingerprint density at radius 2 is 1.84 bits per heavy atom. The van der Waals surface area contributed by atoms with E-state index in [0.717, 1.165) is 6.42 Å². The van der Waals surface area contributed by atoms with Crippen molar-refractivity contribution in [2.75, 3.05) is 26.7 Å². The van der Waals surface area contributed by atoms with E-state index in [9.17, 15) is 14.0 Å². The largest absolute Gasteiger partial charge is 0.486 e. The lowest BCUT2D eigenvalue weighted by molar-refractivity contribution is -0.140. The molecule has 1 saturated carbocycles. The van der Waals surface area contributed by atoms with Crippen molar-refractivity contribution in [1.29, 1.82) is 0 Å². The van der Waals surface area contributed by atoms with E-state index in [2.05, 4.69) is 27.8 Å². The first-order valence-electron chi connectivity index (χ1n) is 10.9. The molecule has 1 aliphatic heterocycles. The third kappa shape index (κ3) is 4.77. The minimum absolute atomic E-state index is 0. The molecule has 0 aromatic heterocycles. The maximum absolute atomic E-state index is 13.8. The maximum Gasteiger partial charge on any atom is 0.233 e. The number of likely N-dealkylation sites (tertiary alicyclic amines) is 1. The predicted octanol–water partition coefficient (Wildman–Crippen LogP) is 2.57. The van der Waals surface area contributed by atoms with Crippen molar-refractivity contribution in [2.24, 2.45) is 28.7 Å². The van der Waals surface area contributed by atoms with E-state index >= 15 is 0 Å². The van der Waals surface area contributed by atoms with Crippen LogP contribution in [0.5, 0.6) is 5.75 Å². The highest BCUT2D eigenvalue weighted by atomic mass is 127. The van der Waals surface area contributed by atoms with Gasteiger partial charge < -0.3 is 15.4 Å². The highest BCUT2D eigenvalue weighted by Gasteiger charge is 2.58. The molecule has 2 amide bonds. The average molecular weight is 556 g/mol. The van der Waals surface area contributed by atoms with E-state index in [0.29, 0.717) is 32.0 Å². The molecule has 5 atom stereocenters. The fraction of sp³-hybridized carbons (Fsp3) is 0.522. The summed E-state index contributed by atoms with van der Waals surface area (Å²) >= 11 is 0. The molecule has 5 unspecified atom stereocenters. The standard InChI is InChI=1S/C23H29FN4O3.HI/c1-3-16(31-18-7-5-4-6-17(18)24)13-27-23(25-2)26-10-11-28-21(29)19-14-8-9-15(12-14)20(19)22(28)30;/h4-9,14-16,19-20H,3,10-13H2,1-2H3,(H2,25,26,27);1H. The summed E-state index contributed by atoms with van der Waals surface area (Å²) in [5, 5.41) is 6.31. The van der Waals surface area contributed by atoms with Gasteiger partial charge in [0.25, 0.3) is 0 Å². The van der Waals surface area contributed by atoms with Crippen molar-refractivity contribution < 1.29 is 18.7 Å². The van der Waals surface area contributed by atoms with Crippen LogP contribution in [-0.2, 0) is 9.59 Å². The molecule has 1 aromatic rings. The molecule has 3 aliphatic rings. The number of amides is 2. The van der Waals surface area contributed by atoms with Crippen LogP contribution in [0.3, 0.4) is 0 Å². The number of hydrogen-bond acceptors (Lipinski definition) is 4. The lowest BCUT2D eigenvalue weighted by Gasteiger charge is -2.21. The number of fused-ring (bicyclic) bond motifs is 5. The SMILES string of the molecule is CCC(CNC(=NC)NCCN1C(=O)C2C3C=CC(C3)C2C1=O)Oc1ccccc1F.I. The van der Waals surface area contributed by atoms with Crippen molar-refractivity contribution in [2.45, 2.75) is 25.9 Å². The van der Waals surface area contributed by atoms with Crippen LogP contribution in [0.15, 0.2) is 41.4 Å². The van der Waals surface area contributed by atoms with Crippen molar-refractivity contribution >= 4 is 41.8 Å². The quantitative estimate of drug-likeness (QED) is 0.169. The Labute approximate surface area is 204 Å². The number of benzene rings is 1. The molecule has 2 bridgehead atoms. The Morgan fingerprint density at radius 1 is 1.19 bits per heavy atom. The molecule has 2 fully saturated rings. The fourth-order valence-corrected chi connectivity index (χ4v) is 4.89. The number of allylic oxidation sites excluding steroid dienone is 2. The van der Waals surface area contributed by atoms with Crippen LogP contribution in [0, 0.1) is 29.5 Å². The molecule has 7 nitrogen and oxygen atoms in total. The Kier molecular flexibility index (Phi) is 8.13. The zero-order valence-electron chi connectivity index (χ0n) is 18.3. The van der Waals surface area contributed by atoms with Crippen LogP contribution in [-0.4, -0.2) is 55.5 Å². The molecule has 0 spiro atoms. The van der Waals surface area contributed by atoms with Gasteiger partial charge in [0.1, 0.15) is 6.10 Å². The van der Waals surface area contributed by atoms with Crippen molar-refractivity contribution in [3.8, 4) is 5.75 Å². The summed E-state index contributed by atoms with van der Waals surface area (Å²) in [6.45, 7) is 3.12. The number of ether oxygens (including phenoxy) is 1. The third-order valence-electron chi connectivity index (χ3n) is 6.50. The molecule has 0 radical (unpaired) electrons. The van der Waals surface area contributed by atoms with E-state index < -0.39 is 5.82 Å². The minimum atomic E-state index is -0.392. The second kappa shape index (κ2) is 10.6. The van der Waals surface area contributed by atoms with Gasteiger partial charge in [-0.05, 0) is 36.8 Å². The zero-order chi connectivity index (χ0) is 22.0. The summed E-state index contributed by atoms with van der Waals surface area (Å²) in [5.41, 5.74) is 0. The fourth-order valence-electron chi connectivity index (χ4n) is 4.89. The van der Waals surface area contributed by atoms with E-state index in [1.807, 2.05) is 6.92 Å². The van der Waals surface area contributed by atoms with Crippen LogP contribution in [0.25, 0.3) is 0 Å². The Hall–Kier alpha value is -2.17. The van der Waals surface area contributed by atoms with Gasteiger partial charge in [-0.3, -0.25) is 19.5 Å². The van der Waals surface area contributed by atoms with Crippen molar-refractivity contribution in [1.82, 2.24) is 15.5 Å². The third-order valence-corrected chi connectivity index (χ3v) is 6.50. The molecular weight excluding hydrogens is 526 g/mol. The van der Waals surface area contributed by atoms with Crippen LogP contribution >= 0.6 is 24.0 Å². The van der Waals surface area contributed by atoms with Gasteiger partial charge in [0.2, 0.25) is 11.8 Å². The number of nitrogens with one attached hydrogen (secondary N) is 2. The zero-order valence-corrected chi connectivity index (χ0v) is 20.6. The number of guanidine groups is 1. The minimum Gasteiger partial charge on any atom is -0.486 e. The van der Waals surface area contributed by atoms with Crippen LogP contribution in [0.2, 0.25) is 0 Å². The van der Waals surface area contributed by atoms with Gasteiger partial charge in [-0.25, -0.2) is 4.39 Å². The highest BCUT2D eigenvalue weighted by molar-refractivity contribution is 14.0. The lowest BCUT2D eigenvalue weighted by Crippen LogP contribution is -2.46. The van der Waals surface area contributed by atoms with Crippen LogP contribution in [0.4, 0.5) is 4.39 Å². The van der Waals surface area contributed by atoms with Gasteiger partial charge in [-0.15, -0.1) is 24.0 Å². The lowest BCUT2D eigenvalue weighted by atomic mass is 9.85. The van der Waals surface area contributed by atoms with E-state index in [-0.39, 0.29) is 71.3 Å². The number of carbonyl (C=O) groups is 2. The molecule has 1 heterocycles. The number of imide groups is 1. The van der Waals surface area contributed by atoms with Gasteiger partial charge in [0.15, 0.2) is 17.5 Å². The predicted molar refractivity (Wildman–Crippen MR) is 130 cm³/mol. The van der Waals surface area contributed by atoms with Crippen LogP contribution in [0.1, 0.15) is 19.8 Å². The second-order valence-electron chi connectivity index (χ2n) is 8.29. The molecule has 2 N–H and O–H groups in total. The maximum atomic E-state index is 13.8. The molecule has 9 heteroatoms. The topological polar surface area (TPSA) is 83.0 Å². The number of aliphatic imine (C=N–C) groups is 1. The van der Waals surface area contributed by atoms with Gasteiger partial charge in [-0.1, -0.05) is 31.2 Å². The van der Waals surface area contributed by atoms with Crippen molar-refractivity contribution in [3.63, 3.8) is 0 Å². The molecule has 2 aliphatic carbocycles. The number of halogens is 2. The monoisotopic (exact) mass is 556 g/mol. The number of para-hydroxylation sites is 1. The summed E-state index contributed by atoms with van der Waals surface area (Å²) in [6.07, 6.45) is 5.58. The van der Waals surface area contributed by atoms with Crippen LogP contribution < -0.4 is 15.4 Å². The Bertz CT molecular complexity index is 879. The summed E-state index contributed by atoms with van der Waals surface area (Å²) in [6, 6.07) is 6.33. The Balaban J connectivity index is 0.00000289. The van der Waals surface area contributed by atoms with Gasteiger partial charge >= 0.3 is 0 Å². The summed E-state index contributed by atoms with van der Waals surface area (Å²) in [7, 11) is 1.65. The van der Waals surface area contributed by atoms with Gasteiger partial charge in [-0.2, -0.15) is 0 Å². The number of hydrogen-bond donors (Lipinski definition) is 2. The van der Waals surface area contributed by atoms with Crippen molar-refractivity contribution in [3.05, 3.63) is 42.2 Å². The first kappa shape index (κ1) is 24.5. The highest BCUT2D eigenvalue weighted by Crippen LogP contribution is 2.52. The van der Waals surface area contributed by atoms with E-state index in [1.54, 1.807) is 25.2 Å². The number of carbonyl (C=O) groups excluding carboxylic acids is 2. The van der Waals surface area contributed by atoms with Gasteiger partial charge in [0, 0.05) is 20.1 Å². The average Bonchev–Trinajstić information content (AvgIpc) is 3.46. The molecule has 1 saturated heterocycles. The molecular formula is C23H30FIN4O3. The number of rotatable bonds is 8. The summed E-state index contributed by atoms with van der Waals surface area (Å²) in [4.78, 5) is 31.1. The normalized spacial score (nSPS) is 26.7. The summed E-state index contributed by atoms with van der Waals surface area (Å²) in [5.74, 6) is 0.398. The number of nitrogens with zero attached hydrogens (tertiary/aromatic N) is 2. The second-order valence-corrected chi connectivity index (χ2v) is 8.29. The van der Waals surface area contributed by atoms with E-state index in [1.165, 1.54) is 11.0 Å². The molecule has 174 valence electrons. The Morgan fingerprint density at radius 3 is 2.44 bits per heavy atom. The molecule has 32 heavy (non-hydrogen) atoms. The first-order chi connectivity index (χ1) is 15.0. The first-order valence-corrected chi connectivity index (χ1v) is 10.9. The van der Waals surface area contributed by atoms with Gasteiger partial charge in [0.05, 0.1) is 18.4 Å². The summed E-state index contributed by atoms with van der Waals surface area (Å²) < 4.78 is 19.6. The molecule has 4 rings (SSSR count). The van der Waals surface area contributed by atoms with E-state index in [4.69, 9.17) is 4.74 Å². The molecule has 1 aromatic carbocycles.